The van der Waals surface area contributed by atoms with Crippen LogP contribution in [-0.4, -0.2) is 52.2 Å². The number of benzene rings is 2. The molecule has 0 atom stereocenters. The number of aromatic nitrogens is 3. The summed E-state index contributed by atoms with van der Waals surface area (Å²) in [6, 6.07) is 13.2. The van der Waals surface area contributed by atoms with Crippen LogP contribution in [0.5, 0.6) is 11.6 Å². The molecule has 2 aromatic carbocycles. The molecule has 1 saturated heterocycles. The molecule has 3 heterocycles. The molecule has 184 valence electrons. The van der Waals surface area contributed by atoms with Gasteiger partial charge in [-0.05, 0) is 55.9 Å². The fourth-order valence-corrected chi connectivity index (χ4v) is 4.52. The third-order valence-corrected chi connectivity index (χ3v) is 6.79. The Morgan fingerprint density at radius 1 is 1.08 bits per heavy atom. The molecular formula is C27H28FN7O. The average Bonchev–Trinajstić information content (AvgIpc) is 3.20. The van der Waals surface area contributed by atoms with Gasteiger partial charge in [0, 0.05) is 55.7 Å². The molecule has 5 rings (SSSR count). The summed E-state index contributed by atoms with van der Waals surface area (Å²) in [6.45, 7) is 17.0. The van der Waals surface area contributed by atoms with E-state index in [1.165, 1.54) is 6.33 Å². The lowest BCUT2D eigenvalue weighted by Crippen LogP contribution is -2.46. The molecule has 0 radical (unpaired) electrons. The second kappa shape index (κ2) is 9.84. The normalized spacial score (nSPS) is 14.1. The minimum absolute atomic E-state index is 0.00109. The molecule has 1 aliphatic heterocycles. The molecule has 36 heavy (non-hydrogen) atoms. The largest absolute Gasteiger partial charge is 0.446 e. The van der Waals surface area contributed by atoms with Gasteiger partial charge in [0.15, 0.2) is 11.6 Å². The molecule has 9 heteroatoms. The van der Waals surface area contributed by atoms with E-state index in [1.807, 2.05) is 30.7 Å². The number of fused-ring (bicyclic) bond motifs is 1. The van der Waals surface area contributed by atoms with E-state index in [0.717, 1.165) is 55.3 Å². The third kappa shape index (κ3) is 4.43. The Morgan fingerprint density at radius 3 is 2.53 bits per heavy atom. The van der Waals surface area contributed by atoms with Crippen LogP contribution < -0.4 is 15.0 Å². The van der Waals surface area contributed by atoms with E-state index < -0.39 is 5.82 Å². The summed E-state index contributed by atoms with van der Waals surface area (Å²) < 4.78 is 22.9. The zero-order valence-corrected chi connectivity index (χ0v) is 20.6. The number of ether oxygens (including phenoxy) is 1. The highest BCUT2D eigenvalue weighted by Crippen LogP contribution is 2.38. The zero-order chi connectivity index (χ0) is 25.2. The summed E-state index contributed by atoms with van der Waals surface area (Å²) in [5.74, 6) is -0.180. The van der Waals surface area contributed by atoms with Crippen LogP contribution >= 0.6 is 0 Å². The van der Waals surface area contributed by atoms with Crippen LogP contribution in [-0.2, 0) is 7.05 Å². The van der Waals surface area contributed by atoms with Crippen molar-refractivity contribution in [2.75, 3.05) is 42.9 Å². The molecule has 0 saturated carbocycles. The fraction of sp³-hybridized carbons (Fsp3) is 0.296. The van der Waals surface area contributed by atoms with Gasteiger partial charge in [0.25, 0.3) is 5.69 Å². The molecule has 0 amide bonds. The van der Waals surface area contributed by atoms with Crippen molar-refractivity contribution in [1.29, 1.82) is 0 Å². The molecule has 2 aromatic heterocycles. The maximum Gasteiger partial charge on any atom is 0.288 e. The monoisotopic (exact) mass is 485 g/mol. The Balaban J connectivity index is 1.35. The van der Waals surface area contributed by atoms with Crippen LogP contribution in [0, 0.1) is 19.3 Å². The lowest BCUT2D eigenvalue weighted by Gasteiger charge is -2.35. The minimum atomic E-state index is -0.490. The van der Waals surface area contributed by atoms with E-state index in [2.05, 4.69) is 49.0 Å². The van der Waals surface area contributed by atoms with Crippen LogP contribution in [0.1, 0.15) is 12.6 Å². The van der Waals surface area contributed by atoms with Gasteiger partial charge in [-0.2, -0.15) is 0 Å². The molecular weight excluding hydrogens is 457 g/mol. The van der Waals surface area contributed by atoms with Crippen molar-refractivity contribution < 1.29 is 9.13 Å². The topological polar surface area (TPSA) is 62.8 Å². The zero-order valence-electron chi connectivity index (χ0n) is 20.6. The lowest BCUT2D eigenvalue weighted by atomic mass is 10.2. The highest BCUT2D eigenvalue weighted by atomic mass is 19.1. The Morgan fingerprint density at radius 2 is 1.83 bits per heavy atom. The van der Waals surface area contributed by atoms with Gasteiger partial charge >= 0.3 is 0 Å². The Hall–Kier alpha value is -4.16. The molecule has 0 aliphatic carbocycles. The van der Waals surface area contributed by atoms with Crippen molar-refractivity contribution in [3.05, 3.63) is 71.7 Å². The molecule has 8 nitrogen and oxygen atoms in total. The number of likely N-dealkylation sites (N-methyl/N-ethyl adjacent to an activating group) is 1. The van der Waals surface area contributed by atoms with Crippen molar-refractivity contribution in [3.8, 4) is 11.6 Å². The second-order valence-corrected chi connectivity index (χ2v) is 8.84. The first-order chi connectivity index (χ1) is 17.5. The third-order valence-electron chi connectivity index (χ3n) is 6.79. The molecule has 1 N–H and O–H groups in total. The number of hydrogen-bond acceptors (Lipinski definition) is 6. The Bertz CT molecular complexity index is 1430. The van der Waals surface area contributed by atoms with E-state index in [-0.39, 0.29) is 17.3 Å². The van der Waals surface area contributed by atoms with Crippen molar-refractivity contribution >= 4 is 33.8 Å². The summed E-state index contributed by atoms with van der Waals surface area (Å²) in [5, 5.41) is 3.64. The van der Waals surface area contributed by atoms with Crippen molar-refractivity contribution in [2.45, 2.75) is 13.8 Å². The van der Waals surface area contributed by atoms with Gasteiger partial charge in [0.1, 0.15) is 12.1 Å². The number of piperazine rings is 1. The fourth-order valence-electron chi connectivity index (χ4n) is 4.52. The van der Waals surface area contributed by atoms with E-state index in [1.54, 1.807) is 18.2 Å². The quantitative estimate of drug-likeness (QED) is 0.357. The average molecular weight is 486 g/mol. The molecule has 0 bridgehead atoms. The maximum absolute atomic E-state index is 15.2. The molecule has 1 fully saturated rings. The van der Waals surface area contributed by atoms with Gasteiger partial charge in [-0.15, -0.1) is 0 Å². The van der Waals surface area contributed by atoms with E-state index >= 15 is 4.39 Å². The summed E-state index contributed by atoms with van der Waals surface area (Å²) in [4.78, 5) is 16.7. The van der Waals surface area contributed by atoms with Crippen LogP contribution in [0.3, 0.4) is 0 Å². The van der Waals surface area contributed by atoms with Crippen LogP contribution in [0.15, 0.2) is 48.8 Å². The summed E-state index contributed by atoms with van der Waals surface area (Å²) >= 11 is 0. The predicted octanol–water partition coefficient (Wildman–Crippen LogP) is 5.64. The van der Waals surface area contributed by atoms with Crippen LogP contribution in [0.4, 0.5) is 27.3 Å². The van der Waals surface area contributed by atoms with E-state index in [0.29, 0.717) is 11.2 Å². The number of rotatable bonds is 6. The predicted molar refractivity (Wildman–Crippen MR) is 140 cm³/mol. The van der Waals surface area contributed by atoms with Gasteiger partial charge in [-0.1, -0.05) is 6.92 Å². The molecule has 1 aliphatic rings. The highest BCUT2D eigenvalue weighted by molar-refractivity contribution is 5.84. The van der Waals surface area contributed by atoms with Gasteiger partial charge < -0.3 is 24.4 Å². The van der Waals surface area contributed by atoms with Gasteiger partial charge in [0.2, 0.25) is 5.88 Å². The summed E-state index contributed by atoms with van der Waals surface area (Å²) in [5.41, 5.74) is 3.73. The van der Waals surface area contributed by atoms with E-state index in [4.69, 9.17) is 11.3 Å². The highest BCUT2D eigenvalue weighted by Gasteiger charge is 2.19. The number of nitrogens with zero attached hydrogens (tertiary/aromatic N) is 6. The lowest BCUT2D eigenvalue weighted by molar-refractivity contribution is 0.271. The Labute approximate surface area is 209 Å². The van der Waals surface area contributed by atoms with Crippen molar-refractivity contribution in [3.63, 3.8) is 0 Å². The van der Waals surface area contributed by atoms with Crippen molar-refractivity contribution in [2.24, 2.45) is 7.05 Å². The number of anilines is 3. The van der Waals surface area contributed by atoms with Gasteiger partial charge in [0.05, 0.1) is 12.1 Å². The number of halogens is 1. The van der Waals surface area contributed by atoms with E-state index in [9.17, 15) is 0 Å². The van der Waals surface area contributed by atoms with Gasteiger partial charge in [-0.25, -0.2) is 19.2 Å². The molecule has 0 spiro atoms. The van der Waals surface area contributed by atoms with Crippen molar-refractivity contribution in [1.82, 2.24) is 19.4 Å². The maximum atomic E-state index is 15.2. The number of hydrogen-bond donors (Lipinski definition) is 1. The number of aryl methyl sites for hydroxylation is 2. The Kier molecular flexibility index (Phi) is 6.44. The minimum Gasteiger partial charge on any atom is -0.446 e. The number of nitrogens with one attached hydrogen (secondary N) is 1. The van der Waals surface area contributed by atoms with Crippen LogP contribution in [0.25, 0.3) is 15.7 Å². The molecule has 0 unspecified atom stereocenters. The second-order valence-electron chi connectivity index (χ2n) is 8.84. The smallest absolute Gasteiger partial charge is 0.288 e. The SMILES string of the molecule is [C-]#[N+]c1c(Nc2ccc(N3CCN(CC)CC3)cc2)ncnc1Oc1ccc2c(cc(C)n2C)c1F. The van der Waals surface area contributed by atoms with Crippen LogP contribution in [0.2, 0.25) is 0 Å². The summed E-state index contributed by atoms with van der Waals surface area (Å²) in [6.07, 6.45) is 1.30. The van der Waals surface area contributed by atoms with Gasteiger partial charge in [-0.3, -0.25) is 0 Å². The first-order valence-electron chi connectivity index (χ1n) is 12.0. The molecule has 4 aromatic rings. The standard InChI is InChI=1S/C27H28FN7O/c1-5-34-12-14-35(15-13-34)20-8-6-19(7-9-20)32-26-25(29-3)27(31-17-30-26)36-23-11-10-22-21(24(23)28)16-18(2)33(22)4/h6-11,16-17H,5,12-15H2,1-2,4H3,(H,30,31,32). The first-order valence-corrected chi connectivity index (χ1v) is 12.0. The summed E-state index contributed by atoms with van der Waals surface area (Å²) in [7, 11) is 1.88. The first kappa shape index (κ1) is 23.6.